The fourth-order valence-electron chi connectivity index (χ4n) is 3.33. The summed E-state index contributed by atoms with van der Waals surface area (Å²) in [4.78, 5) is 20.4. The molecule has 0 radical (unpaired) electrons. The number of carbonyl (C=O) groups is 1. The second-order valence-electron chi connectivity index (χ2n) is 7.62. The summed E-state index contributed by atoms with van der Waals surface area (Å²) in [6.07, 6.45) is 0.946. The lowest BCUT2D eigenvalue weighted by atomic mass is 10.1. The Balaban J connectivity index is 1.40. The zero-order chi connectivity index (χ0) is 21.2. The number of fused-ring (bicyclic) bond motifs is 1. The Bertz CT molecular complexity index is 822. The molecule has 30 heavy (non-hydrogen) atoms. The summed E-state index contributed by atoms with van der Waals surface area (Å²) < 4.78 is 5.81. The van der Waals surface area contributed by atoms with E-state index in [9.17, 15) is 4.79 Å². The van der Waals surface area contributed by atoms with E-state index in [0.717, 1.165) is 26.1 Å². The molecule has 7 heteroatoms. The molecular weight excluding hydrogens is 396 g/mol. The fourth-order valence-corrected chi connectivity index (χ4v) is 4.22. The highest BCUT2D eigenvalue weighted by atomic mass is 32.1. The van der Waals surface area contributed by atoms with Crippen LogP contribution in [0, 0.1) is 5.92 Å². The predicted octanol–water partition coefficient (Wildman–Crippen LogP) is 3.04. The highest BCUT2D eigenvalue weighted by Crippen LogP contribution is 2.23. The Labute approximate surface area is 183 Å². The van der Waals surface area contributed by atoms with Crippen LogP contribution in [0.1, 0.15) is 29.9 Å². The van der Waals surface area contributed by atoms with Crippen molar-refractivity contribution < 1.29 is 9.53 Å². The van der Waals surface area contributed by atoms with E-state index in [1.54, 1.807) is 11.3 Å². The summed E-state index contributed by atoms with van der Waals surface area (Å²) in [6, 6.07) is 12.3. The summed E-state index contributed by atoms with van der Waals surface area (Å²) in [7, 11) is 0. The zero-order valence-corrected chi connectivity index (χ0v) is 18.7. The molecule has 1 aliphatic rings. The molecule has 2 N–H and O–H groups in total. The third-order valence-electron chi connectivity index (χ3n) is 5.01. The van der Waals surface area contributed by atoms with E-state index in [-0.39, 0.29) is 12.5 Å². The first-order chi connectivity index (χ1) is 14.7. The van der Waals surface area contributed by atoms with E-state index in [0.29, 0.717) is 31.6 Å². The molecule has 162 valence electrons. The second kappa shape index (κ2) is 11.7. The second-order valence-corrected chi connectivity index (χ2v) is 8.62. The number of rotatable bonds is 9. The van der Waals surface area contributed by atoms with Gasteiger partial charge in [0.15, 0.2) is 5.96 Å². The average Bonchev–Trinajstić information content (AvgIpc) is 3.24. The molecule has 0 fully saturated rings. The van der Waals surface area contributed by atoms with Gasteiger partial charge in [0.1, 0.15) is 6.54 Å². The molecule has 6 nitrogen and oxygen atoms in total. The first-order valence-corrected chi connectivity index (χ1v) is 11.5. The van der Waals surface area contributed by atoms with Gasteiger partial charge in [0.25, 0.3) is 0 Å². The Morgan fingerprint density at radius 2 is 2.10 bits per heavy atom. The Kier molecular flexibility index (Phi) is 8.71. The van der Waals surface area contributed by atoms with Crippen LogP contribution in [-0.4, -0.2) is 49.6 Å². The summed E-state index contributed by atoms with van der Waals surface area (Å²) in [6.45, 7) is 8.57. The summed E-state index contributed by atoms with van der Waals surface area (Å²) in [5.41, 5.74) is 2.45. The van der Waals surface area contributed by atoms with Gasteiger partial charge in [-0.05, 0) is 41.8 Å². The molecule has 0 bridgehead atoms. The van der Waals surface area contributed by atoms with Crippen molar-refractivity contribution in [2.24, 2.45) is 10.9 Å². The summed E-state index contributed by atoms with van der Waals surface area (Å²) in [5.74, 6) is 1.07. The smallest absolute Gasteiger partial charge is 0.244 e. The van der Waals surface area contributed by atoms with Gasteiger partial charge in [-0.2, -0.15) is 0 Å². The maximum atomic E-state index is 12.6. The molecule has 0 spiro atoms. The van der Waals surface area contributed by atoms with Gasteiger partial charge >= 0.3 is 0 Å². The van der Waals surface area contributed by atoms with E-state index in [1.807, 2.05) is 30.0 Å². The number of aliphatic imine (C=N–C) groups is 1. The highest BCUT2D eigenvalue weighted by molar-refractivity contribution is 7.10. The van der Waals surface area contributed by atoms with Crippen molar-refractivity contribution in [1.29, 1.82) is 0 Å². The van der Waals surface area contributed by atoms with E-state index in [1.165, 1.54) is 16.0 Å². The molecule has 1 unspecified atom stereocenters. The van der Waals surface area contributed by atoms with E-state index < -0.39 is 0 Å². The van der Waals surface area contributed by atoms with Gasteiger partial charge in [0.05, 0.1) is 13.2 Å². The zero-order valence-electron chi connectivity index (χ0n) is 17.9. The molecular formula is C23H32N4O2S. The molecule has 1 aromatic carbocycles. The Morgan fingerprint density at radius 3 is 2.90 bits per heavy atom. The van der Waals surface area contributed by atoms with Gasteiger partial charge in [-0.15, -0.1) is 11.3 Å². The van der Waals surface area contributed by atoms with Crippen LogP contribution in [0.25, 0.3) is 0 Å². The van der Waals surface area contributed by atoms with E-state index in [2.05, 4.69) is 46.1 Å². The van der Waals surface area contributed by atoms with Crippen molar-refractivity contribution in [3.63, 3.8) is 0 Å². The number of guanidine groups is 1. The van der Waals surface area contributed by atoms with Crippen molar-refractivity contribution in [2.75, 3.05) is 32.8 Å². The maximum Gasteiger partial charge on any atom is 0.244 e. The summed E-state index contributed by atoms with van der Waals surface area (Å²) >= 11 is 1.78. The normalized spacial score (nSPS) is 14.9. The average molecular weight is 429 g/mol. The van der Waals surface area contributed by atoms with Gasteiger partial charge < -0.3 is 20.3 Å². The standard InChI is InChI=1S/C23H32N4O2S/c1-3-24-23(25-13-18(2)16-29-17-19-7-5-4-6-8-19)26-14-22(28)27-11-9-21-20(15-27)10-12-30-21/h4-8,10,12,18H,3,9,11,13-17H2,1-2H3,(H2,24,25,26). The number of hydrogen-bond acceptors (Lipinski definition) is 4. The monoisotopic (exact) mass is 428 g/mol. The van der Waals surface area contributed by atoms with Crippen molar-refractivity contribution in [3.05, 3.63) is 57.8 Å². The predicted molar refractivity (Wildman–Crippen MR) is 123 cm³/mol. The van der Waals surface area contributed by atoms with Crippen LogP contribution in [0.4, 0.5) is 0 Å². The van der Waals surface area contributed by atoms with Crippen molar-refractivity contribution >= 4 is 23.2 Å². The first-order valence-electron chi connectivity index (χ1n) is 10.6. The molecule has 1 aromatic heterocycles. The van der Waals surface area contributed by atoms with Crippen molar-refractivity contribution in [3.8, 4) is 0 Å². The molecule has 1 atom stereocenters. The highest BCUT2D eigenvalue weighted by Gasteiger charge is 2.21. The van der Waals surface area contributed by atoms with Gasteiger partial charge in [0, 0.05) is 31.1 Å². The van der Waals surface area contributed by atoms with Crippen LogP contribution in [0.5, 0.6) is 0 Å². The number of carbonyl (C=O) groups excluding carboxylic acids is 1. The summed E-state index contributed by atoms with van der Waals surface area (Å²) in [5, 5.41) is 8.65. The van der Waals surface area contributed by atoms with Crippen molar-refractivity contribution in [2.45, 2.75) is 33.4 Å². The topological polar surface area (TPSA) is 66.0 Å². The number of nitrogens with one attached hydrogen (secondary N) is 2. The Hall–Kier alpha value is -2.38. The number of amides is 1. The molecule has 1 amide bonds. The third-order valence-corrected chi connectivity index (χ3v) is 6.03. The van der Waals surface area contributed by atoms with E-state index in [4.69, 9.17) is 4.74 Å². The van der Waals surface area contributed by atoms with Crippen LogP contribution >= 0.6 is 11.3 Å². The number of thiophene rings is 1. The molecule has 2 aromatic rings. The number of nitrogens with zero attached hydrogens (tertiary/aromatic N) is 2. The van der Waals surface area contributed by atoms with Crippen LogP contribution < -0.4 is 10.6 Å². The molecule has 0 saturated carbocycles. The number of ether oxygens (including phenoxy) is 1. The Morgan fingerprint density at radius 1 is 1.27 bits per heavy atom. The lowest BCUT2D eigenvalue weighted by Crippen LogP contribution is -2.42. The van der Waals surface area contributed by atoms with Crippen LogP contribution in [-0.2, 0) is 29.1 Å². The number of hydrogen-bond donors (Lipinski definition) is 2. The van der Waals surface area contributed by atoms with Gasteiger partial charge in [-0.3, -0.25) is 4.79 Å². The minimum atomic E-state index is 0.0725. The van der Waals surface area contributed by atoms with Crippen LogP contribution in [0.3, 0.4) is 0 Å². The molecule has 2 heterocycles. The fraction of sp³-hybridized carbons (Fsp3) is 0.478. The quantitative estimate of drug-likeness (QED) is 0.476. The minimum Gasteiger partial charge on any atom is -0.376 e. The van der Waals surface area contributed by atoms with Crippen LogP contribution in [0.15, 0.2) is 46.8 Å². The lowest BCUT2D eigenvalue weighted by Gasteiger charge is -2.26. The minimum absolute atomic E-state index is 0.0725. The molecule has 0 aliphatic carbocycles. The lowest BCUT2D eigenvalue weighted by molar-refractivity contribution is -0.130. The van der Waals surface area contributed by atoms with Gasteiger partial charge in [-0.1, -0.05) is 37.3 Å². The largest absolute Gasteiger partial charge is 0.376 e. The van der Waals surface area contributed by atoms with Crippen LogP contribution in [0.2, 0.25) is 0 Å². The maximum absolute atomic E-state index is 12.6. The first kappa shape index (κ1) is 22.3. The van der Waals surface area contributed by atoms with E-state index >= 15 is 0 Å². The molecule has 3 rings (SSSR count). The third kappa shape index (κ3) is 6.85. The SMILES string of the molecule is CCNC(=NCC(=O)N1CCc2sccc2C1)NCC(C)COCc1ccccc1. The molecule has 1 aliphatic heterocycles. The number of benzene rings is 1. The van der Waals surface area contributed by atoms with Gasteiger partial charge in [-0.25, -0.2) is 4.99 Å². The van der Waals surface area contributed by atoms with Crippen molar-refractivity contribution in [1.82, 2.24) is 15.5 Å². The molecule has 0 saturated heterocycles. The van der Waals surface area contributed by atoms with Gasteiger partial charge in [0.2, 0.25) is 5.91 Å².